The number of nitrogens with one attached hydrogen (secondary N) is 1. The molecule has 0 saturated carbocycles. The molecule has 2 heterocycles. The molecule has 5 nitrogen and oxygen atoms in total. The van der Waals surface area contributed by atoms with Gasteiger partial charge in [0, 0.05) is 24.3 Å². The van der Waals surface area contributed by atoms with E-state index in [-0.39, 0.29) is 5.91 Å². The number of hydrogen-bond acceptors (Lipinski definition) is 4. The molecule has 0 spiro atoms. The van der Waals surface area contributed by atoms with Crippen LogP contribution in [0.3, 0.4) is 0 Å². The number of hydrazine groups is 1. The van der Waals surface area contributed by atoms with E-state index in [0.29, 0.717) is 23.3 Å². The highest BCUT2D eigenvalue weighted by Crippen LogP contribution is 2.25. The molecule has 18 heavy (non-hydrogen) atoms. The third-order valence-electron chi connectivity index (χ3n) is 3.48. The van der Waals surface area contributed by atoms with Crippen molar-refractivity contribution in [2.75, 3.05) is 12.0 Å². The standard InChI is InChI=1S/C13H20N4O/c1-9(2)11-4-3-7-17(11)13(18)10-5-6-15-12(8-10)16-14/h5-6,8-9,11H,3-4,7,14H2,1-2H3,(H,15,16). The number of aromatic nitrogens is 1. The molecule has 0 aliphatic carbocycles. The van der Waals surface area contributed by atoms with E-state index in [1.807, 2.05) is 4.90 Å². The van der Waals surface area contributed by atoms with Crippen molar-refractivity contribution in [2.24, 2.45) is 11.8 Å². The van der Waals surface area contributed by atoms with Gasteiger partial charge < -0.3 is 10.3 Å². The van der Waals surface area contributed by atoms with Crippen molar-refractivity contribution in [3.63, 3.8) is 0 Å². The maximum Gasteiger partial charge on any atom is 0.254 e. The summed E-state index contributed by atoms with van der Waals surface area (Å²) in [4.78, 5) is 18.4. The summed E-state index contributed by atoms with van der Waals surface area (Å²) in [5.41, 5.74) is 3.11. The van der Waals surface area contributed by atoms with Crippen LogP contribution in [0.4, 0.5) is 5.82 Å². The molecule has 98 valence electrons. The van der Waals surface area contributed by atoms with Crippen LogP contribution >= 0.6 is 0 Å². The van der Waals surface area contributed by atoms with Crippen LogP contribution in [-0.4, -0.2) is 28.4 Å². The molecule has 3 N–H and O–H groups in total. The third kappa shape index (κ3) is 2.46. The molecule has 1 unspecified atom stereocenters. The lowest BCUT2D eigenvalue weighted by atomic mass is 10.0. The minimum atomic E-state index is 0.0742. The average molecular weight is 248 g/mol. The van der Waals surface area contributed by atoms with E-state index in [2.05, 4.69) is 24.3 Å². The number of carbonyl (C=O) groups excluding carboxylic acids is 1. The van der Waals surface area contributed by atoms with Crippen LogP contribution in [0.25, 0.3) is 0 Å². The fourth-order valence-corrected chi connectivity index (χ4v) is 2.55. The first-order valence-electron chi connectivity index (χ1n) is 6.37. The predicted octanol–water partition coefficient (Wildman–Crippen LogP) is 1.63. The van der Waals surface area contributed by atoms with Crippen LogP contribution in [0, 0.1) is 5.92 Å². The minimum Gasteiger partial charge on any atom is -0.335 e. The van der Waals surface area contributed by atoms with Crippen molar-refractivity contribution in [3.05, 3.63) is 23.9 Å². The number of nitrogens with zero attached hydrogens (tertiary/aromatic N) is 2. The van der Waals surface area contributed by atoms with E-state index in [1.165, 1.54) is 0 Å². The summed E-state index contributed by atoms with van der Waals surface area (Å²) in [5, 5.41) is 0. The highest BCUT2D eigenvalue weighted by Gasteiger charge is 2.31. The molecule has 2 rings (SSSR count). The zero-order valence-corrected chi connectivity index (χ0v) is 10.9. The second-order valence-electron chi connectivity index (χ2n) is 5.03. The first-order chi connectivity index (χ1) is 8.63. The van der Waals surface area contributed by atoms with E-state index in [0.717, 1.165) is 19.4 Å². The Bertz CT molecular complexity index is 433. The molecule has 1 aliphatic heterocycles. The largest absolute Gasteiger partial charge is 0.335 e. The van der Waals surface area contributed by atoms with Crippen LogP contribution in [0.2, 0.25) is 0 Å². The lowest BCUT2D eigenvalue weighted by molar-refractivity contribution is 0.0701. The van der Waals surface area contributed by atoms with Gasteiger partial charge in [-0.25, -0.2) is 10.8 Å². The van der Waals surface area contributed by atoms with Crippen LogP contribution in [0.5, 0.6) is 0 Å². The number of anilines is 1. The highest BCUT2D eigenvalue weighted by atomic mass is 16.2. The SMILES string of the molecule is CC(C)C1CCCN1C(=O)c1ccnc(NN)c1. The maximum atomic E-state index is 12.5. The molecule has 1 aromatic rings. The monoisotopic (exact) mass is 248 g/mol. The molecule has 0 bridgehead atoms. The van der Waals surface area contributed by atoms with Crippen LogP contribution in [0.1, 0.15) is 37.0 Å². The first kappa shape index (κ1) is 12.8. The molecular formula is C13H20N4O. The van der Waals surface area contributed by atoms with Gasteiger partial charge in [0.2, 0.25) is 0 Å². The van der Waals surface area contributed by atoms with Crippen molar-refractivity contribution in [1.82, 2.24) is 9.88 Å². The number of nitrogens with two attached hydrogens (primary N) is 1. The van der Waals surface area contributed by atoms with E-state index in [4.69, 9.17) is 5.84 Å². The topological polar surface area (TPSA) is 71.2 Å². The number of likely N-dealkylation sites (tertiary alicyclic amines) is 1. The van der Waals surface area contributed by atoms with Crippen molar-refractivity contribution in [3.8, 4) is 0 Å². The van der Waals surface area contributed by atoms with Crippen molar-refractivity contribution >= 4 is 11.7 Å². The molecule has 5 heteroatoms. The van der Waals surface area contributed by atoms with Gasteiger partial charge in [0.25, 0.3) is 5.91 Å². The van der Waals surface area contributed by atoms with Crippen LogP contribution in [-0.2, 0) is 0 Å². The Morgan fingerprint density at radius 1 is 1.61 bits per heavy atom. The normalized spacial score (nSPS) is 19.3. The van der Waals surface area contributed by atoms with Gasteiger partial charge in [0.05, 0.1) is 0 Å². The maximum absolute atomic E-state index is 12.5. The molecule has 0 aromatic carbocycles. The quantitative estimate of drug-likeness (QED) is 0.630. The third-order valence-corrected chi connectivity index (χ3v) is 3.48. The fourth-order valence-electron chi connectivity index (χ4n) is 2.55. The first-order valence-corrected chi connectivity index (χ1v) is 6.37. The molecule has 1 fully saturated rings. The molecular weight excluding hydrogens is 228 g/mol. The highest BCUT2D eigenvalue weighted by molar-refractivity contribution is 5.95. The summed E-state index contributed by atoms with van der Waals surface area (Å²) in [5.74, 6) is 6.39. The van der Waals surface area contributed by atoms with Gasteiger partial charge in [-0.2, -0.15) is 0 Å². The van der Waals surface area contributed by atoms with Crippen LogP contribution < -0.4 is 11.3 Å². The second kappa shape index (κ2) is 5.35. The van der Waals surface area contributed by atoms with E-state index < -0.39 is 0 Å². The van der Waals surface area contributed by atoms with Gasteiger partial charge in [-0.1, -0.05) is 13.8 Å². The Morgan fingerprint density at radius 3 is 3.06 bits per heavy atom. The number of hydrogen-bond donors (Lipinski definition) is 2. The zero-order chi connectivity index (χ0) is 13.1. The van der Waals surface area contributed by atoms with Crippen molar-refractivity contribution in [1.29, 1.82) is 0 Å². The lowest BCUT2D eigenvalue weighted by Gasteiger charge is -2.27. The molecule has 1 amide bonds. The zero-order valence-electron chi connectivity index (χ0n) is 10.9. The molecule has 1 atom stereocenters. The summed E-state index contributed by atoms with van der Waals surface area (Å²) in [6.07, 6.45) is 3.78. The predicted molar refractivity (Wildman–Crippen MR) is 70.9 cm³/mol. The number of carbonyl (C=O) groups is 1. The van der Waals surface area contributed by atoms with Crippen molar-refractivity contribution in [2.45, 2.75) is 32.7 Å². The summed E-state index contributed by atoms with van der Waals surface area (Å²) >= 11 is 0. The Labute approximate surface area is 107 Å². The van der Waals surface area contributed by atoms with Gasteiger partial charge >= 0.3 is 0 Å². The van der Waals surface area contributed by atoms with Gasteiger partial charge in [0.1, 0.15) is 5.82 Å². The summed E-state index contributed by atoms with van der Waals surface area (Å²) in [6, 6.07) is 3.77. The van der Waals surface area contributed by atoms with Crippen LogP contribution in [0.15, 0.2) is 18.3 Å². The number of nitrogen functional groups attached to an aromatic ring is 1. The molecule has 1 aromatic heterocycles. The molecule has 0 radical (unpaired) electrons. The minimum absolute atomic E-state index is 0.0742. The van der Waals surface area contributed by atoms with Gasteiger partial charge in [0.15, 0.2) is 0 Å². The van der Waals surface area contributed by atoms with Gasteiger partial charge in [-0.15, -0.1) is 0 Å². The fraction of sp³-hybridized carbons (Fsp3) is 0.538. The van der Waals surface area contributed by atoms with Gasteiger partial charge in [-0.3, -0.25) is 4.79 Å². The Hall–Kier alpha value is -1.62. The molecule has 1 saturated heterocycles. The summed E-state index contributed by atoms with van der Waals surface area (Å²) in [7, 11) is 0. The molecule has 1 aliphatic rings. The Balaban J connectivity index is 2.19. The number of pyridine rings is 1. The summed E-state index contributed by atoms with van der Waals surface area (Å²) < 4.78 is 0. The number of rotatable bonds is 3. The summed E-state index contributed by atoms with van der Waals surface area (Å²) in [6.45, 7) is 5.17. The van der Waals surface area contributed by atoms with E-state index in [9.17, 15) is 4.79 Å². The Kier molecular flexibility index (Phi) is 3.81. The Morgan fingerprint density at radius 2 is 2.39 bits per heavy atom. The van der Waals surface area contributed by atoms with E-state index in [1.54, 1.807) is 18.3 Å². The average Bonchev–Trinajstić information content (AvgIpc) is 2.87. The van der Waals surface area contributed by atoms with Crippen molar-refractivity contribution < 1.29 is 4.79 Å². The number of amides is 1. The van der Waals surface area contributed by atoms with E-state index >= 15 is 0 Å². The second-order valence-corrected chi connectivity index (χ2v) is 5.03. The smallest absolute Gasteiger partial charge is 0.254 e. The van der Waals surface area contributed by atoms with Gasteiger partial charge in [-0.05, 0) is 30.9 Å². The lowest BCUT2D eigenvalue weighted by Crippen LogP contribution is -2.38.